The number of hydrogen-bond donors (Lipinski definition) is 1. The number of phosphoric acid groups is 1. The number of hydrogen-bond acceptors (Lipinski definition) is 6. The van der Waals surface area contributed by atoms with E-state index in [2.05, 4.69) is 0 Å². The summed E-state index contributed by atoms with van der Waals surface area (Å²) in [6.07, 6.45) is 0. The molecule has 0 heterocycles. The van der Waals surface area contributed by atoms with E-state index in [1.807, 2.05) is 0 Å². The van der Waals surface area contributed by atoms with Gasteiger partial charge in [0, 0.05) is 0 Å². The average Bonchev–Trinajstić information content (AvgIpc) is 1.19. The summed E-state index contributed by atoms with van der Waals surface area (Å²) in [5.41, 5.74) is 0. The molecule has 61 valence electrons. The standard InChI is InChI=1S/Fe.H3O4P.H2O.2O.V/c;1-5(2,3)4;;;;/h;(H3,1,2,3,4);1H2;;;/q+3;;;;;+1/p-4. The van der Waals surface area contributed by atoms with Crippen LogP contribution in [0.3, 0.4) is 0 Å². The second-order valence-corrected chi connectivity index (χ2v) is 2.32. The molecule has 0 aromatic carbocycles. The van der Waals surface area contributed by atoms with Crippen LogP contribution in [-0.4, -0.2) is 4.03 Å². The van der Waals surface area contributed by atoms with Gasteiger partial charge in [-0.25, -0.2) is 0 Å². The van der Waals surface area contributed by atoms with Crippen molar-refractivity contribution in [2.24, 2.45) is 0 Å². The summed E-state index contributed by atoms with van der Waals surface area (Å²) in [4.78, 5) is 25.6. The van der Waals surface area contributed by atoms with Crippen LogP contribution in [0.5, 0.6) is 0 Å². The molecule has 0 fully saturated rings. The van der Waals surface area contributed by atoms with Gasteiger partial charge in [0.25, 0.3) is 0 Å². The minimum absolute atomic E-state index is 0. The zero-order chi connectivity index (χ0) is 8.08. The first-order chi connectivity index (χ1) is 3.73. The first kappa shape index (κ1) is 17.0. The van der Waals surface area contributed by atoms with Crippen LogP contribution in [0.15, 0.2) is 0 Å². The van der Waals surface area contributed by atoms with Crippen LogP contribution in [0, 0.1) is 0 Å². The van der Waals surface area contributed by atoms with E-state index in [9.17, 15) is 0 Å². The van der Waals surface area contributed by atoms with Crippen LogP contribution in [-0.2, 0) is 44.4 Å². The molecule has 0 unspecified atom stereocenters. The van der Waals surface area contributed by atoms with Crippen LogP contribution in [0.2, 0.25) is 0 Å². The molecular formula is HFeO7PV. The van der Waals surface area contributed by atoms with Crippen molar-refractivity contribution in [2.75, 3.05) is 0 Å². The van der Waals surface area contributed by atoms with Crippen LogP contribution < -0.4 is 14.7 Å². The van der Waals surface area contributed by atoms with Crippen molar-refractivity contribution in [1.82, 2.24) is 0 Å². The maximum absolute atomic E-state index is 8.67. The molecule has 0 aliphatic carbocycles. The van der Waals surface area contributed by atoms with Crippen LogP contribution in [0.1, 0.15) is 0 Å². The predicted molar refractivity (Wildman–Crippen MR) is 11.2 cm³/mol. The third kappa shape index (κ3) is 885. The molecule has 0 spiro atoms. The quantitative estimate of drug-likeness (QED) is 0.345. The Balaban J connectivity index is -0.0000000910. The average molecular weight is 251 g/mol. The number of rotatable bonds is 0. The van der Waals surface area contributed by atoms with Crippen molar-refractivity contribution in [2.45, 2.75) is 0 Å². The van der Waals surface area contributed by atoms with Crippen LogP contribution in [0.4, 0.5) is 0 Å². The molecule has 0 saturated carbocycles. The van der Waals surface area contributed by atoms with E-state index >= 15 is 0 Å². The van der Waals surface area contributed by atoms with E-state index in [4.69, 9.17) is 30.6 Å². The predicted octanol–water partition coefficient (Wildman–Crippen LogP) is -3.62. The summed E-state index contributed by atoms with van der Waals surface area (Å²) < 4.78 is 33.0. The van der Waals surface area contributed by atoms with Crippen molar-refractivity contribution in [3.8, 4) is 0 Å². The van der Waals surface area contributed by atoms with Crippen molar-refractivity contribution >= 4 is 7.82 Å². The van der Waals surface area contributed by atoms with Crippen molar-refractivity contribution in [3.63, 3.8) is 0 Å². The van der Waals surface area contributed by atoms with Gasteiger partial charge < -0.3 is 19.2 Å². The summed E-state index contributed by atoms with van der Waals surface area (Å²) in [5, 5.41) is 0. The second kappa shape index (κ2) is 7.88. The van der Waals surface area contributed by atoms with Gasteiger partial charge in [-0.2, -0.15) is 7.82 Å². The first-order valence-corrected chi connectivity index (χ1v) is 4.52. The molecule has 0 aliphatic rings. The normalized spacial score (nSPS) is 8.40. The van der Waals surface area contributed by atoms with Gasteiger partial charge in [0.15, 0.2) is 0 Å². The fraction of sp³-hybridized carbons (Fsp3) is 0. The Hall–Kier alpha value is 0.774. The molecule has 0 atom stereocenters. The summed E-state index contributed by atoms with van der Waals surface area (Å²) in [5.74, 6) is 0. The van der Waals surface area contributed by atoms with Crippen molar-refractivity contribution in [1.29, 1.82) is 0 Å². The molecule has 1 N–H and O–H groups in total. The van der Waals surface area contributed by atoms with E-state index in [0.717, 1.165) is 0 Å². The van der Waals surface area contributed by atoms with Crippen molar-refractivity contribution in [3.05, 3.63) is 0 Å². The Morgan fingerprint density at radius 1 is 1.20 bits per heavy atom. The van der Waals surface area contributed by atoms with Gasteiger partial charge in [-0.3, -0.25) is 0 Å². The molecule has 0 rings (SSSR count). The van der Waals surface area contributed by atoms with Gasteiger partial charge in [0.05, 0.1) is 0 Å². The maximum atomic E-state index is 8.67. The SMILES string of the molecule is O=P([O-])([O-])[O-].[Fe+3].[O]=[V](=[O])[OH]. The van der Waals surface area contributed by atoms with E-state index < -0.39 is 23.2 Å². The summed E-state index contributed by atoms with van der Waals surface area (Å²) in [6, 6.07) is 0. The molecule has 0 aliphatic heterocycles. The molecule has 0 bridgehead atoms. The van der Waals surface area contributed by atoms with Gasteiger partial charge in [-0.05, 0) is 0 Å². The second-order valence-electron chi connectivity index (χ2n) is 0.685. The minimum atomic E-state index is -5.39. The van der Waals surface area contributed by atoms with Gasteiger partial charge in [-0.15, -0.1) is 0 Å². The van der Waals surface area contributed by atoms with Gasteiger partial charge in [0.1, 0.15) is 0 Å². The van der Waals surface area contributed by atoms with Gasteiger partial charge in [0.2, 0.25) is 0 Å². The van der Waals surface area contributed by atoms with E-state index in [0.29, 0.717) is 0 Å². The molecule has 0 saturated heterocycles. The van der Waals surface area contributed by atoms with Crippen molar-refractivity contribution < 1.29 is 63.1 Å². The Labute approximate surface area is 71.1 Å². The third-order valence-corrected chi connectivity index (χ3v) is 0. The first-order valence-electron chi connectivity index (χ1n) is 1.30. The molecule has 10 heavy (non-hydrogen) atoms. The zero-order valence-electron chi connectivity index (χ0n) is 4.14. The van der Waals surface area contributed by atoms with E-state index in [1.54, 1.807) is 0 Å². The van der Waals surface area contributed by atoms with Crippen LogP contribution >= 0.6 is 7.82 Å². The molecule has 7 nitrogen and oxygen atoms in total. The monoisotopic (exact) mass is 251 g/mol. The third-order valence-electron chi connectivity index (χ3n) is 0. The van der Waals surface area contributed by atoms with Gasteiger partial charge >= 0.3 is 43.8 Å². The summed E-state index contributed by atoms with van der Waals surface area (Å²) in [6.45, 7) is 0. The van der Waals surface area contributed by atoms with Crippen LogP contribution in [0.25, 0.3) is 0 Å². The molecule has 0 amide bonds. The fourth-order valence-electron chi connectivity index (χ4n) is 0. The fourth-order valence-corrected chi connectivity index (χ4v) is 0. The topological polar surface area (TPSA) is 141 Å². The molecule has 0 aromatic rings. The Morgan fingerprint density at radius 3 is 1.20 bits per heavy atom. The zero-order valence-corrected chi connectivity index (χ0v) is 7.54. The summed E-state index contributed by atoms with van der Waals surface area (Å²) >= 11 is -3.69. The molecule has 1 radical (unpaired) electrons. The Bertz CT molecular complexity index is 148. The van der Waals surface area contributed by atoms with Gasteiger partial charge in [-0.1, -0.05) is 0 Å². The summed E-state index contributed by atoms with van der Waals surface area (Å²) in [7, 11) is -5.39. The molecular weight excluding hydrogens is 250 g/mol. The Kier molecular flexibility index (Phi) is 13.4. The van der Waals surface area contributed by atoms with E-state index in [1.165, 1.54) is 0 Å². The Morgan fingerprint density at radius 2 is 1.20 bits per heavy atom. The molecule has 10 heteroatoms. The molecule has 0 aromatic heterocycles. The van der Waals surface area contributed by atoms with E-state index in [-0.39, 0.29) is 17.1 Å².